The molecule has 0 radical (unpaired) electrons. The lowest BCUT2D eigenvalue weighted by Gasteiger charge is -2.20. The minimum absolute atomic E-state index is 0.0603. The average molecular weight is 535 g/mol. The summed E-state index contributed by atoms with van der Waals surface area (Å²) in [7, 11) is 0. The normalized spacial score (nSPS) is 27.5. The van der Waals surface area contributed by atoms with Gasteiger partial charge in [0.05, 0.1) is 12.2 Å². The number of nitrogens with one attached hydrogen (secondary N) is 1. The Morgan fingerprint density at radius 3 is 1.79 bits per heavy atom. The standard InChI is InChI=1S/C28H42N2O8/c1-16-10-25(34)18(3)12-27(36)21(15-28(37)38)13-22(31)7-8-23(32)20(6-5-9-30-19(4)29)14-26(35)17(2)11-24(16)33/h16-18,20-21,30H,4-15,29H2,1-3H3,(H,37,38)/t16?,17?,18?,20-,21+/m1/s1. The van der Waals surface area contributed by atoms with Gasteiger partial charge < -0.3 is 16.2 Å². The van der Waals surface area contributed by atoms with Crippen LogP contribution in [-0.2, 0) is 33.6 Å². The fourth-order valence-corrected chi connectivity index (χ4v) is 4.59. The molecule has 10 heteroatoms. The second kappa shape index (κ2) is 15.9. The highest BCUT2D eigenvalue weighted by molar-refractivity contribution is 5.97. The molecule has 1 aliphatic carbocycles. The molecule has 0 aromatic carbocycles. The van der Waals surface area contributed by atoms with E-state index in [0.29, 0.717) is 19.4 Å². The quantitative estimate of drug-likeness (QED) is 0.411. The molecular weight excluding hydrogens is 492 g/mol. The smallest absolute Gasteiger partial charge is 0.304 e. The first-order valence-electron chi connectivity index (χ1n) is 13.3. The van der Waals surface area contributed by atoms with Crippen LogP contribution >= 0.6 is 0 Å². The molecule has 0 amide bonds. The van der Waals surface area contributed by atoms with Crippen molar-refractivity contribution in [3.05, 3.63) is 12.4 Å². The molecule has 0 heterocycles. The van der Waals surface area contributed by atoms with E-state index in [1.165, 1.54) is 0 Å². The minimum atomic E-state index is -1.24. The van der Waals surface area contributed by atoms with Crippen LogP contribution in [0.15, 0.2) is 12.4 Å². The maximum Gasteiger partial charge on any atom is 0.304 e. The Bertz CT molecular complexity index is 941. The van der Waals surface area contributed by atoms with Crippen molar-refractivity contribution < 1.29 is 38.7 Å². The van der Waals surface area contributed by atoms with Crippen LogP contribution < -0.4 is 11.1 Å². The summed E-state index contributed by atoms with van der Waals surface area (Å²) < 4.78 is 0. The van der Waals surface area contributed by atoms with Crippen LogP contribution in [-0.4, -0.2) is 52.3 Å². The van der Waals surface area contributed by atoms with Crippen molar-refractivity contribution in [2.24, 2.45) is 35.3 Å². The van der Waals surface area contributed by atoms with Crippen LogP contribution in [0.25, 0.3) is 0 Å². The maximum atomic E-state index is 13.0. The summed E-state index contributed by atoms with van der Waals surface area (Å²) >= 11 is 0. The number of aliphatic carboxylic acids is 1. The van der Waals surface area contributed by atoms with Gasteiger partial charge in [-0.05, 0) is 12.8 Å². The number of ketones is 6. The van der Waals surface area contributed by atoms with Crippen molar-refractivity contribution >= 4 is 40.7 Å². The molecular formula is C28H42N2O8. The molecule has 1 fully saturated rings. The molecule has 212 valence electrons. The number of Topliss-reactive ketones (excluding diaryl/α,β-unsaturated/α-hetero) is 6. The average Bonchev–Trinajstić information content (AvgIpc) is 2.82. The van der Waals surface area contributed by atoms with Gasteiger partial charge in [-0.25, -0.2) is 0 Å². The zero-order chi connectivity index (χ0) is 29.0. The van der Waals surface area contributed by atoms with E-state index >= 15 is 0 Å². The summed E-state index contributed by atoms with van der Waals surface area (Å²) in [6.07, 6.45) is -0.783. The number of hydrogen-bond acceptors (Lipinski definition) is 9. The fourth-order valence-electron chi connectivity index (χ4n) is 4.59. The number of carboxylic acid groups (broad SMARTS) is 1. The molecule has 0 saturated heterocycles. The Hall–Kier alpha value is -3.17. The van der Waals surface area contributed by atoms with Crippen LogP contribution in [0.2, 0.25) is 0 Å². The van der Waals surface area contributed by atoms with Gasteiger partial charge in [0.1, 0.15) is 34.7 Å². The van der Waals surface area contributed by atoms with Gasteiger partial charge in [0.2, 0.25) is 0 Å². The Kier molecular flexibility index (Phi) is 13.8. The Labute approximate surface area is 224 Å². The fraction of sp³-hybridized carbons (Fsp3) is 0.679. The predicted molar refractivity (Wildman–Crippen MR) is 140 cm³/mol. The Morgan fingerprint density at radius 2 is 1.29 bits per heavy atom. The van der Waals surface area contributed by atoms with Gasteiger partial charge in [0.15, 0.2) is 0 Å². The van der Waals surface area contributed by atoms with Gasteiger partial charge in [0.25, 0.3) is 0 Å². The van der Waals surface area contributed by atoms with Gasteiger partial charge in [-0.1, -0.05) is 27.4 Å². The lowest BCUT2D eigenvalue weighted by molar-refractivity contribution is -0.142. The second-order valence-electron chi connectivity index (χ2n) is 10.7. The highest BCUT2D eigenvalue weighted by Gasteiger charge is 2.31. The van der Waals surface area contributed by atoms with Crippen molar-refractivity contribution in [1.29, 1.82) is 0 Å². The van der Waals surface area contributed by atoms with Crippen LogP contribution in [0.1, 0.15) is 85.0 Å². The molecule has 3 unspecified atom stereocenters. The van der Waals surface area contributed by atoms with E-state index in [1.54, 1.807) is 20.8 Å². The summed E-state index contributed by atoms with van der Waals surface area (Å²) in [4.78, 5) is 88.2. The number of rotatable bonds is 7. The molecule has 1 rings (SSSR count). The Balaban J connectivity index is 3.16. The van der Waals surface area contributed by atoms with Crippen molar-refractivity contribution in [1.82, 2.24) is 5.32 Å². The summed E-state index contributed by atoms with van der Waals surface area (Å²) in [5.74, 6) is -6.73. The molecule has 5 atom stereocenters. The summed E-state index contributed by atoms with van der Waals surface area (Å²) in [6, 6.07) is 0. The molecule has 38 heavy (non-hydrogen) atoms. The Morgan fingerprint density at radius 1 is 0.789 bits per heavy atom. The lowest BCUT2D eigenvalue weighted by Crippen LogP contribution is -2.29. The van der Waals surface area contributed by atoms with Gasteiger partial charge >= 0.3 is 5.97 Å². The second-order valence-corrected chi connectivity index (χ2v) is 10.7. The molecule has 0 bridgehead atoms. The minimum Gasteiger partial charge on any atom is -0.481 e. The first-order valence-corrected chi connectivity index (χ1v) is 13.3. The lowest BCUT2D eigenvalue weighted by atomic mass is 9.82. The van der Waals surface area contributed by atoms with Crippen molar-refractivity contribution in [3.63, 3.8) is 0 Å². The van der Waals surface area contributed by atoms with E-state index in [0.717, 1.165) is 0 Å². The SMILES string of the molecule is C=C(N)NCCC[C@@H]1CC(=O)C(C)CC(=O)C(C)CC(=O)C(C)CC(=O)[C@H](CC(=O)O)CC(=O)CCC1=O. The van der Waals surface area contributed by atoms with Gasteiger partial charge in [-0.2, -0.15) is 0 Å². The van der Waals surface area contributed by atoms with Crippen molar-refractivity contribution in [2.45, 2.75) is 85.0 Å². The van der Waals surface area contributed by atoms with Gasteiger partial charge in [-0.3, -0.25) is 33.6 Å². The van der Waals surface area contributed by atoms with Crippen LogP contribution in [0, 0.1) is 29.6 Å². The summed E-state index contributed by atoms with van der Waals surface area (Å²) in [6.45, 7) is 8.76. The highest BCUT2D eigenvalue weighted by atomic mass is 16.4. The predicted octanol–water partition coefficient (Wildman–Crippen LogP) is 2.56. The van der Waals surface area contributed by atoms with Crippen LogP contribution in [0.3, 0.4) is 0 Å². The highest BCUT2D eigenvalue weighted by Crippen LogP contribution is 2.24. The van der Waals surface area contributed by atoms with E-state index in [1.807, 2.05) is 0 Å². The molecule has 0 aliphatic heterocycles. The van der Waals surface area contributed by atoms with E-state index in [9.17, 15) is 38.7 Å². The molecule has 1 aliphatic rings. The maximum absolute atomic E-state index is 13.0. The van der Waals surface area contributed by atoms with Crippen molar-refractivity contribution in [3.8, 4) is 0 Å². The van der Waals surface area contributed by atoms with Crippen molar-refractivity contribution in [2.75, 3.05) is 6.54 Å². The number of carboxylic acids is 1. The van der Waals surface area contributed by atoms with Gasteiger partial charge in [-0.15, -0.1) is 0 Å². The summed E-state index contributed by atoms with van der Waals surface area (Å²) in [5.41, 5.74) is 5.50. The molecule has 10 nitrogen and oxygen atoms in total. The third-order valence-electron chi connectivity index (χ3n) is 7.16. The molecule has 4 N–H and O–H groups in total. The van der Waals surface area contributed by atoms with E-state index in [-0.39, 0.29) is 73.9 Å². The third-order valence-corrected chi connectivity index (χ3v) is 7.16. The van der Waals surface area contributed by atoms with Crippen LogP contribution in [0.5, 0.6) is 0 Å². The zero-order valence-corrected chi connectivity index (χ0v) is 22.8. The number of carbonyl (C=O) groups excluding carboxylic acids is 6. The number of nitrogens with two attached hydrogens (primary N) is 1. The monoisotopic (exact) mass is 534 g/mol. The van der Waals surface area contributed by atoms with Gasteiger partial charge in [0, 0.05) is 81.1 Å². The molecule has 0 aromatic rings. The van der Waals surface area contributed by atoms with E-state index in [4.69, 9.17) is 5.73 Å². The third kappa shape index (κ3) is 11.9. The number of hydrogen-bond donors (Lipinski definition) is 3. The molecule has 0 aromatic heterocycles. The molecule has 0 spiro atoms. The largest absolute Gasteiger partial charge is 0.481 e. The van der Waals surface area contributed by atoms with E-state index < -0.39 is 53.5 Å². The van der Waals surface area contributed by atoms with Crippen LogP contribution in [0.4, 0.5) is 0 Å². The molecule has 1 saturated carbocycles. The summed E-state index contributed by atoms with van der Waals surface area (Å²) in [5, 5.41) is 12.1. The first kappa shape index (κ1) is 32.9. The topological polar surface area (TPSA) is 178 Å². The van der Waals surface area contributed by atoms with E-state index in [2.05, 4.69) is 11.9 Å². The zero-order valence-electron chi connectivity index (χ0n) is 22.8. The number of carbonyl (C=O) groups is 7. The first-order chi connectivity index (χ1) is 17.7.